The van der Waals surface area contributed by atoms with E-state index in [2.05, 4.69) is 39.0 Å². The third-order valence-corrected chi connectivity index (χ3v) is 4.63. The average molecular weight is 332 g/mol. The van der Waals surface area contributed by atoms with Gasteiger partial charge in [0.05, 0.1) is 24.9 Å². The molecule has 0 aliphatic carbocycles. The Morgan fingerprint density at radius 1 is 1.17 bits per heavy atom. The molecule has 0 fully saturated rings. The number of nitrogens with zero attached hydrogens (tertiary/aromatic N) is 5. The van der Waals surface area contributed by atoms with Gasteiger partial charge in [0, 0.05) is 26.6 Å². The van der Waals surface area contributed by atoms with E-state index < -0.39 is 0 Å². The lowest BCUT2D eigenvalue weighted by atomic mass is 10.1. The lowest BCUT2D eigenvalue weighted by molar-refractivity contribution is 0.367. The minimum atomic E-state index is 0.362. The van der Waals surface area contributed by atoms with Crippen molar-refractivity contribution in [2.24, 2.45) is 7.05 Å². The van der Waals surface area contributed by atoms with Crippen LogP contribution in [0.15, 0.2) is 0 Å². The first-order valence-electron chi connectivity index (χ1n) is 8.83. The maximum atomic E-state index is 5.53. The molecule has 0 radical (unpaired) electrons. The fourth-order valence-electron chi connectivity index (χ4n) is 3.43. The van der Waals surface area contributed by atoms with Crippen LogP contribution in [0.1, 0.15) is 61.9 Å². The van der Waals surface area contributed by atoms with E-state index in [9.17, 15) is 0 Å². The monoisotopic (exact) mass is 332 g/mol. The summed E-state index contributed by atoms with van der Waals surface area (Å²) in [7, 11) is 3.62. The number of aromatic nitrogens is 5. The third kappa shape index (κ3) is 3.31. The van der Waals surface area contributed by atoms with Gasteiger partial charge in [-0.25, -0.2) is 4.68 Å². The Balaban J connectivity index is 1.70. The van der Waals surface area contributed by atoms with Crippen molar-refractivity contribution in [3.63, 3.8) is 0 Å². The van der Waals surface area contributed by atoms with Crippen LogP contribution in [0.2, 0.25) is 0 Å². The standard InChI is InChI=1S/C17H28N6O/c1-12(2)16-13(17(24-4)22(3)21-16)10-18-11-15-20-19-14-8-6-5-7-9-23(14)15/h12,18H,5-11H2,1-4H3. The Labute approximate surface area is 143 Å². The van der Waals surface area contributed by atoms with E-state index in [4.69, 9.17) is 4.74 Å². The summed E-state index contributed by atoms with van der Waals surface area (Å²) < 4.78 is 9.63. The van der Waals surface area contributed by atoms with Crippen LogP contribution in [-0.2, 0) is 33.1 Å². The maximum absolute atomic E-state index is 5.53. The number of hydrogen-bond acceptors (Lipinski definition) is 5. The highest BCUT2D eigenvalue weighted by molar-refractivity contribution is 5.33. The molecule has 3 heterocycles. The molecule has 1 aliphatic heterocycles. The van der Waals surface area contributed by atoms with Crippen LogP contribution in [0, 0.1) is 0 Å². The predicted molar refractivity (Wildman–Crippen MR) is 92.0 cm³/mol. The van der Waals surface area contributed by atoms with Gasteiger partial charge >= 0.3 is 0 Å². The van der Waals surface area contributed by atoms with Gasteiger partial charge in [-0.2, -0.15) is 5.10 Å². The van der Waals surface area contributed by atoms with Crippen LogP contribution in [-0.4, -0.2) is 31.7 Å². The third-order valence-electron chi connectivity index (χ3n) is 4.63. The molecule has 0 atom stereocenters. The summed E-state index contributed by atoms with van der Waals surface area (Å²) >= 11 is 0. The Kier molecular flexibility index (Phi) is 5.18. The number of hydrogen-bond donors (Lipinski definition) is 1. The van der Waals surface area contributed by atoms with Gasteiger partial charge in [0.15, 0.2) is 0 Å². The zero-order chi connectivity index (χ0) is 17.1. The van der Waals surface area contributed by atoms with Gasteiger partial charge in [0.2, 0.25) is 5.88 Å². The van der Waals surface area contributed by atoms with Crippen molar-refractivity contribution in [3.8, 4) is 5.88 Å². The number of nitrogens with one attached hydrogen (secondary N) is 1. The molecule has 1 aliphatic rings. The van der Waals surface area contributed by atoms with Crippen LogP contribution in [0.25, 0.3) is 0 Å². The molecule has 2 aromatic heterocycles. The fraction of sp³-hybridized carbons (Fsp3) is 0.706. The first-order chi connectivity index (χ1) is 11.6. The van der Waals surface area contributed by atoms with Crippen molar-refractivity contribution in [2.45, 2.75) is 65.1 Å². The summed E-state index contributed by atoms with van der Waals surface area (Å²) in [4.78, 5) is 0. The van der Waals surface area contributed by atoms with Gasteiger partial charge in [-0.1, -0.05) is 20.3 Å². The van der Waals surface area contributed by atoms with Gasteiger partial charge in [0.1, 0.15) is 11.6 Å². The van der Waals surface area contributed by atoms with E-state index in [1.54, 1.807) is 7.11 Å². The van der Waals surface area contributed by atoms with Gasteiger partial charge in [-0.15, -0.1) is 10.2 Å². The molecular formula is C17H28N6O. The molecule has 0 saturated heterocycles. The molecule has 0 bridgehead atoms. The molecule has 0 unspecified atom stereocenters. The second-order valence-electron chi connectivity index (χ2n) is 6.75. The van der Waals surface area contributed by atoms with E-state index >= 15 is 0 Å². The van der Waals surface area contributed by atoms with Crippen molar-refractivity contribution in [1.29, 1.82) is 0 Å². The van der Waals surface area contributed by atoms with Crippen molar-refractivity contribution < 1.29 is 4.74 Å². The first kappa shape index (κ1) is 17.0. The number of rotatable bonds is 6. The number of aryl methyl sites for hydroxylation is 2. The number of fused-ring (bicyclic) bond motifs is 1. The Bertz CT molecular complexity index is 688. The SMILES string of the molecule is COc1c(CNCc2nnc3n2CCCCC3)c(C(C)C)nn1C. The normalized spacial score (nSPS) is 14.7. The minimum Gasteiger partial charge on any atom is -0.481 e. The first-order valence-corrected chi connectivity index (χ1v) is 8.83. The van der Waals surface area contributed by atoms with Gasteiger partial charge in [-0.3, -0.25) is 0 Å². The van der Waals surface area contributed by atoms with Crippen molar-refractivity contribution >= 4 is 0 Å². The molecule has 2 aromatic rings. The fourth-order valence-corrected chi connectivity index (χ4v) is 3.43. The molecule has 7 nitrogen and oxygen atoms in total. The van der Waals surface area contributed by atoms with Crippen LogP contribution in [0.3, 0.4) is 0 Å². The van der Waals surface area contributed by atoms with Crippen molar-refractivity contribution in [3.05, 3.63) is 22.9 Å². The van der Waals surface area contributed by atoms with Gasteiger partial charge < -0.3 is 14.6 Å². The van der Waals surface area contributed by atoms with Crippen LogP contribution < -0.4 is 10.1 Å². The molecule has 0 saturated carbocycles. The quantitative estimate of drug-likeness (QED) is 0.878. The highest BCUT2D eigenvalue weighted by Crippen LogP contribution is 2.27. The summed E-state index contributed by atoms with van der Waals surface area (Å²) in [5.41, 5.74) is 2.22. The highest BCUT2D eigenvalue weighted by atomic mass is 16.5. The molecule has 1 N–H and O–H groups in total. The Morgan fingerprint density at radius 2 is 2.00 bits per heavy atom. The Hall–Kier alpha value is -1.89. The number of ether oxygens (including phenoxy) is 1. The van der Waals surface area contributed by atoms with Crippen LogP contribution in [0.5, 0.6) is 5.88 Å². The summed E-state index contributed by atoms with van der Waals surface area (Å²) in [6, 6.07) is 0. The molecular weight excluding hydrogens is 304 g/mol. The van der Waals surface area contributed by atoms with Crippen LogP contribution >= 0.6 is 0 Å². The van der Waals surface area contributed by atoms with Crippen molar-refractivity contribution in [1.82, 2.24) is 29.9 Å². The van der Waals surface area contributed by atoms with E-state index in [-0.39, 0.29) is 0 Å². The predicted octanol–water partition coefficient (Wildman–Crippen LogP) is 2.16. The van der Waals surface area contributed by atoms with Crippen molar-refractivity contribution in [2.75, 3.05) is 7.11 Å². The smallest absolute Gasteiger partial charge is 0.216 e. The molecule has 3 rings (SSSR count). The second kappa shape index (κ2) is 7.34. The van der Waals surface area contributed by atoms with E-state index in [0.717, 1.165) is 41.8 Å². The Morgan fingerprint density at radius 3 is 2.75 bits per heavy atom. The second-order valence-corrected chi connectivity index (χ2v) is 6.75. The average Bonchev–Trinajstić information content (AvgIpc) is 2.99. The molecule has 132 valence electrons. The van der Waals surface area contributed by atoms with Gasteiger partial charge in [-0.05, 0) is 18.8 Å². The molecule has 24 heavy (non-hydrogen) atoms. The maximum Gasteiger partial charge on any atom is 0.216 e. The molecule has 7 heteroatoms. The summed E-state index contributed by atoms with van der Waals surface area (Å²) in [6.45, 7) is 6.77. The molecule has 0 spiro atoms. The van der Waals surface area contributed by atoms with Crippen LogP contribution in [0.4, 0.5) is 0 Å². The largest absolute Gasteiger partial charge is 0.481 e. The van der Waals surface area contributed by atoms with Gasteiger partial charge in [0.25, 0.3) is 0 Å². The van der Waals surface area contributed by atoms with E-state index in [0.29, 0.717) is 19.0 Å². The summed E-state index contributed by atoms with van der Waals surface area (Å²) in [5.74, 6) is 3.35. The summed E-state index contributed by atoms with van der Waals surface area (Å²) in [5, 5.41) is 16.8. The lowest BCUT2D eigenvalue weighted by Gasteiger charge is -2.10. The lowest BCUT2D eigenvalue weighted by Crippen LogP contribution is -2.18. The van der Waals surface area contributed by atoms with E-state index in [1.807, 2.05) is 11.7 Å². The van der Waals surface area contributed by atoms with E-state index in [1.165, 1.54) is 19.3 Å². The molecule has 0 aromatic carbocycles. The number of methoxy groups -OCH3 is 1. The zero-order valence-corrected chi connectivity index (χ0v) is 15.2. The minimum absolute atomic E-state index is 0.362. The zero-order valence-electron chi connectivity index (χ0n) is 15.2. The highest BCUT2D eigenvalue weighted by Gasteiger charge is 2.19. The topological polar surface area (TPSA) is 69.8 Å². The molecule has 0 amide bonds. The summed E-state index contributed by atoms with van der Waals surface area (Å²) in [6.07, 6.45) is 4.75.